The maximum absolute atomic E-state index is 7.44. The van der Waals surface area contributed by atoms with E-state index >= 15 is 0 Å². The van der Waals surface area contributed by atoms with E-state index in [1.807, 2.05) is 25.2 Å². The van der Waals surface area contributed by atoms with Gasteiger partial charge in [0, 0.05) is 18.0 Å². The monoisotopic (exact) mass is 146 g/mol. The third-order valence-electron chi connectivity index (χ3n) is 1.32. The van der Waals surface area contributed by atoms with Gasteiger partial charge in [-0.2, -0.15) is 0 Å². The number of aliphatic imine (C=N–C) groups is 1. The number of nitrogens with zero attached hydrogens (tertiary/aromatic N) is 1. The predicted octanol–water partition coefficient (Wildman–Crippen LogP) is 2.11. The zero-order valence-corrected chi connectivity index (χ0v) is 6.41. The van der Waals surface area contributed by atoms with Crippen molar-refractivity contribution in [2.45, 2.75) is 6.92 Å². The molecule has 56 valence electrons. The Kier molecular flexibility index (Phi) is 2.55. The second kappa shape index (κ2) is 3.66. The molecule has 0 unspecified atom stereocenters. The second-order valence-electron chi connectivity index (χ2n) is 2.12. The van der Waals surface area contributed by atoms with Crippen LogP contribution >= 0.6 is 0 Å². The van der Waals surface area contributed by atoms with Crippen molar-refractivity contribution < 1.29 is 0 Å². The third-order valence-corrected chi connectivity index (χ3v) is 1.32. The highest BCUT2D eigenvalue weighted by Crippen LogP contribution is 2.05. The molecule has 0 saturated carbocycles. The number of allylic oxidation sites excluding steroid dienone is 5. The largest absolute Gasteiger partial charge is 0.300 e. The number of hydrogen-bond donors (Lipinski definition) is 1. The van der Waals surface area contributed by atoms with Crippen LogP contribution in [-0.2, 0) is 0 Å². The summed E-state index contributed by atoms with van der Waals surface area (Å²) in [6.07, 6.45) is 10.7. The van der Waals surface area contributed by atoms with Gasteiger partial charge >= 0.3 is 0 Å². The van der Waals surface area contributed by atoms with E-state index in [-0.39, 0.29) is 0 Å². The summed E-state index contributed by atoms with van der Waals surface area (Å²) in [4.78, 5) is 3.93. The Morgan fingerprint density at radius 2 is 2.09 bits per heavy atom. The molecule has 0 atom stereocenters. The molecule has 0 aromatic heterocycles. The van der Waals surface area contributed by atoms with Gasteiger partial charge in [-0.3, -0.25) is 4.99 Å². The van der Waals surface area contributed by atoms with E-state index in [0.29, 0.717) is 5.71 Å². The highest BCUT2D eigenvalue weighted by Gasteiger charge is 1.98. The standard InChI is InChI=1S/C9H10N2/c1-2-11-7-8-5-3-4-6-9(8)10/h2-7,10H,1H3/b8-7-,10-9?,11-2?. The first-order valence-electron chi connectivity index (χ1n) is 3.46. The second-order valence-corrected chi connectivity index (χ2v) is 2.12. The van der Waals surface area contributed by atoms with Crippen molar-refractivity contribution in [2.75, 3.05) is 0 Å². The van der Waals surface area contributed by atoms with Gasteiger partial charge in [0.2, 0.25) is 0 Å². The van der Waals surface area contributed by atoms with Crippen LogP contribution in [0.25, 0.3) is 0 Å². The van der Waals surface area contributed by atoms with Gasteiger partial charge in [-0.25, -0.2) is 0 Å². The van der Waals surface area contributed by atoms with Crippen molar-refractivity contribution in [3.63, 3.8) is 0 Å². The summed E-state index contributed by atoms with van der Waals surface area (Å²) >= 11 is 0. The molecule has 1 aliphatic carbocycles. The first-order valence-corrected chi connectivity index (χ1v) is 3.46. The molecule has 0 spiro atoms. The fourth-order valence-corrected chi connectivity index (χ4v) is 0.764. The first kappa shape index (κ1) is 7.66. The Balaban J connectivity index is 2.81. The number of rotatable bonds is 1. The van der Waals surface area contributed by atoms with Crippen LogP contribution < -0.4 is 0 Å². The molecule has 0 fully saturated rings. The van der Waals surface area contributed by atoms with Crippen molar-refractivity contribution in [1.29, 1.82) is 5.41 Å². The topological polar surface area (TPSA) is 36.2 Å². The molecule has 1 rings (SSSR count). The molecule has 0 aromatic rings. The highest BCUT2D eigenvalue weighted by molar-refractivity contribution is 6.09. The van der Waals surface area contributed by atoms with Gasteiger partial charge in [0.15, 0.2) is 0 Å². The minimum atomic E-state index is 0.512. The third kappa shape index (κ3) is 2.00. The summed E-state index contributed by atoms with van der Waals surface area (Å²) in [6, 6.07) is 0. The molecule has 0 bridgehead atoms. The summed E-state index contributed by atoms with van der Waals surface area (Å²) in [5, 5.41) is 7.44. The van der Waals surface area contributed by atoms with E-state index in [0.717, 1.165) is 5.57 Å². The molecule has 0 aliphatic heterocycles. The average molecular weight is 146 g/mol. The van der Waals surface area contributed by atoms with E-state index < -0.39 is 0 Å². The maximum atomic E-state index is 7.44. The van der Waals surface area contributed by atoms with Crippen LogP contribution in [0.15, 0.2) is 41.1 Å². The van der Waals surface area contributed by atoms with Crippen LogP contribution in [0.4, 0.5) is 0 Å². The number of nitrogens with one attached hydrogen (secondary N) is 1. The molecule has 11 heavy (non-hydrogen) atoms. The van der Waals surface area contributed by atoms with Gasteiger partial charge in [-0.05, 0) is 13.0 Å². The Morgan fingerprint density at radius 1 is 1.36 bits per heavy atom. The molecule has 2 nitrogen and oxygen atoms in total. The molecule has 0 amide bonds. The van der Waals surface area contributed by atoms with Crippen molar-refractivity contribution >= 4 is 11.9 Å². The van der Waals surface area contributed by atoms with Crippen molar-refractivity contribution in [3.05, 3.63) is 36.1 Å². The fourth-order valence-electron chi connectivity index (χ4n) is 0.764. The Bertz CT molecular complexity index is 267. The van der Waals surface area contributed by atoms with Gasteiger partial charge in [0.25, 0.3) is 0 Å². The zero-order chi connectivity index (χ0) is 8.10. The fraction of sp³-hybridized carbons (Fsp3) is 0.111. The molecule has 0 aromatic carbocycles. The summed E-state index contributed by atoms with van der Waals surface area (Å²) < 4.78 is 0. The van der Waals surface area contributed by atoms with Crippen molar-refractivity contribution in [1.82, 2.24) is 0 Å². The molecule has 1 N–H and O–H groups in total. The molecule has 1 aliphatic rings. The highest BCUT2D eigenvalue weighted by atomic mass is 14.7. The quantitative estimate of drug-likeness (QED) is 0.550. The smallest absolute Gasteiger partial charge is 0.0627 e. The Labute approximate surface area is 66.2 Å². The van der Waals surface area contributed by atoms with Crippen LogP contribution in [0.5, 0.6) is 0 Å². The lowest BCUT2D eigenvalue weighted by Gasteiger charge is -2.00. The van der Waals surface area contributed by atoms with Crippen LogP contribution in [0, 0.1) is 5.41 Å². The molecule has 0 saturated heterocycles. The molecular weight excluding hydrogens is 136 g/mol. The number of hydrogen-bond acceptors (Lipinski definition) is 2. The van der Waals surface area contributed by atoms with Crippen molar-refractivity contribution in [3.8, 4) is 0 Å². The lowest BCUT2D eigenvalue weighted by molar-refractivity contribution is 1.46. The molecule has 2 heteroatoms. The zero-order valence-electron chi connectivity index (χ0n) is 6.41. The van der Waals surface area contributed by atoms with E-state index in [1.165, 1.54) is 0 Å². The minimum absolute atomic E-state index is 0.512. The minimum Gasteiger partial charge on any atom is -0.300 e. The predicted molar refractivity (Wildman–Crippen MR) is 48.3 cm³/mol. The SMILES string of the molecule is CC=N/C=C1/C=CC=CC1=N. The van der Waals surface area contributed by atoms with E-state index in [9.17, 15) is 0 Å². The first-order chi connectivity index (χ1) is 5.34. The maximum Gasteiger partial charge on any atom is 0.0627 e. The molecule has 0 heterocycles. The lowest BCUT2D eigenvalue weighted by Crippen LogP contribution is -1.96. The van der Waals surface area contributed by atoms with E-state index in [1.54, 1.807) is 18.5 Å². The Hall–Kier alpha value is -1.44. The van der Waals surface area contributed by atoms with Crippen LogP contribution in [-0.4, -0.2) is 11.9 Å². The van der Waals surface area contributed by atoms with Crippen LogP contribution in [0.3, 0.4) is 0 Å². The summed E-state index contributed by atoms with van der Waals surface area (Å²) in [5.74, 6) is 0. The summed E-state index contributed by atoms with van der Waals surface area (Å²) in [6.45, 7) is 1.85. The molecular formula is C9H10N2. The van der Waals surface area contributed by atoms with Gasteiger partial charge in [-0.15, -0.1) is 0 Å². The van der Waals surface area contributed by atoms with E-state index in [2.05, 4.69) is 4.99 Å². The van der Waals surface area contributed by atoms with Gasteiger partial charge in [-0.1, -0.05) is 18.2 Å². The Morgan fingerprint density at radius 3 is 2.73 bits per heavy atom. The average Bonchev–Trinajstić information content (AvgIpc) is 2.03. The van der Waals surface area contributed by atoms with E-state index in [4.69, 9.17) is 5.41 Å². The van der Waals surface area contributed by atoms with Crippen molar-refractivity contribution in [2.24, 2.45) is 4.99 Å². The van der Waals surface area contributed by atoms with Gasteiger partial charge < -0.3 is 5.41 Å². The molecule has 0 radical (unpaired) electrons. The summed E-state index contributed by atoms with van der Waals surface area (Å²) in [5.41, 5.74) is 1.36. The van der Waals surface area contributed by atoms with Gasteiger partial charge in [0.05, 0.1) is 5.71 Å². The normalized spacial score (nSPS) is 20.5. The van der Waals surface area contributed by atoms with Crippen LogP contribution in [0.2, 0.25) is 0 Å². The summed E-state index contributed by atoms with van der Waals surface area (Å²) in [7, 11) is 0. The van der Waals surface area contributed by atoms with Crippen LogP contribution in [0.1, 0.15) is 6.92 Å². The van der Waals surface area contributed by atoms with Gasteiger partial charge in [0.1, 0.15) is 0 Å². The lowest BCUT2D eigenvalue weighted by atomic mass is 10.1.